The first kappa shape index (κ1) is 17.5. The third-order valence-corrected chi connectivity index (χ3v) is 5.28. The number of para-hydroxylation sites is 1. The largest absolute Gasteiger partial charge is 0.338 e. The smallest absolute Gasteiger partial charge is 0.0568 e. The average Bonchev–Trinajstić information content (AvgIpc) is 2.47. The fourth-order valence-electron chi connectivity index (χ4n) is 2.43. The first-order chi connectivity index (χ1) is 10.1. The van der Waals surface area contributed by atoms with Crippen molar-refractivity contribution in [3.8, 4) is 0 Å². The molecule has 0 spiro atoms. The van der Waals surface area contributed by atoms with E-state index in [1.54, 1.807) is 0 Å². The molecule has 0 amide bonds. The van der Waals surface area contributed by atoms with Crippen LogP contribution in [0.5, 0.6) is 0 Å². The molecule has 0 aliphatic carbocycles. The van der Waals surface area contributed by atoms with Crippen molar-refractivity contribution in [3.05, 3.63) is 47.5 Å². The van der Waals surface area contributed by atoms with Crippen molar-refractivity contribution in [2.24, 2.45) is 0 Å². The molecule has 0 saturated heterocycles. The second kappa shape index (κ2) is 7.14. The van der Waals surface area contributed by atoms with E-state index in [9.17, 15) is 0 Å². The molecule has 1 heterocycles. The van der Waals surface area contributed by atoms with Crippen LogP contribution in [0.3, 0.4) is 0 Å². The van der Waals surface area contributed by atoms with Gasteiger partial charge in [-0.25, -0.2) is 0 Å². The van der Waals surface area contributed by atoms with E-state index in [2.05, 4.69) is 67.2 Å². The van der Waals surface area contributed by atoms with Crippen molar-refractivity contribution in [1.29, 1.82) is 0 Å². The minimum atomic E-state index is 0. The molecule has 0 radical (unpaired) electrons. The molecule has 1 atom stereocenters. The van der Waals surface area contributed by atoms with Crippen LogP contribution in [0.1, 0.15) is 6.92 Å². The number of hydrogen-bond donors (Lipinski definition) is 0. The maximum absolute atomic E-state index is 6.22. The number of halogens is 2. The molecule has 0 N–H and O–H groups in total. The highest BCUT2D eigenvalue weighted by molar-refractivity contribution is 7.99. The summed E-state index contributed by atoms with van der Waals surface area (Å²) in [6.07, 6.45) is 0. The first-order valence-corrected chi connectivity index (χ1v) is 8.26. The first-order valence-electron chi connectivity index (χ1n) is 7.06. The van der Waals surface area contributed by atoms with Gasteiger partial charge in [-0.15, -0.1) is 12.4 Å². The maximum atomic E-state index is 6.22. The Kier molecular flexibility index (Phi) is 5.67. The number of anilines is 2. The Morgan fingerprint density at radius 2 is 1.77 bits per heavy atom. The van der Waals surface area contributed by atoms with Gasteiger partial charge in [-0.3, -0.25) is 0 Å². The molecule has 0 bridgehead atoms. The molecule has 1 aliphatic heterocycles. The normalized spacial score (nSPS) is 14.1. The molecule has 22 heavy (non-hydrogen) atoms. The molecule has 2 aromatic rings. The SMILES string of the molecule is CC(CN1c2ccccc2Sc2ccc(Cl)cc21)N(C)C.Cl. The highest BCUT2D eigenvalue weighted by atomic mass is 35.5. The summed E-state index contributed by atoms with van der Waals surface area (Å²) in [6.45, 7) is 3.19. The number of fused-ring (bicyclic) bond motifs is 2. The van der Waals surface area contributed by atoms with E-state index in [1.807, 2.05) is 17.8 Å². The molecular formula is C17H20Cl2N2S. The predicted octanol–water partition coefficient (Wildman–Crippen LogP) is 5.31. The van der Waals surface area contributed by atoms with Crippen LogP contribution >= 0.6 is 35.8 Å². The Bertz CT molecular complexity index is 661. The predicted molar refractivity (Wildman–Crippen MR) is 99.4 cm³/mol. The fraction of sp³-hybridized carbons (Fsp3) is 0.294. The van der Waals surface area contributed by atoms with Crippen LogP contribution in [-0.2, 0) is 0 Å². The second-order valence-electron chi connectivity index (χ2n) is 5.61. The lowest BCUT2D eigenvalue weighted by Crippen LogP contribution is -2.37. The zero-order valence-electron chi connectivity index (χ0n) is 12.9. The zero-order chi connectivity index (χ0) is 15.0. The molecule has 5 heteroatoms. The van der Waals surface area contributed by atoms with Gasteiger partial charge in [-0.05, 0) is 51.4 Å². The Labute approximate surface area is 147 Å². The summed E-state index contributed by atoms with van der Waals surface area (Å²) in [7, 11) is 4.24. The van der Waals surface area contributed by atoms with Gasteiger partial charge >= 0.3 is 0 Å². The van der Waals surface area contributed by atoms with Crippen molar-refractivity contribution in [2.45, 2.75) is 22.8 Å². The molecule has 3 rings (SSSR count). The summed E-state index contributed by atoms with van der Waals surface area (Å²) in [6, 6.07) is 15.2. The Morgan fingerprint density at radius 3 is 2.50 bits per heavy atom. The molecule has 0 aromatic heterocycles. The van der Waals surface area contributed by atoms with Gasteiger partial charge in [0.15, 0.2) is 0 Å². The molecule has 0 fully saturated rings. The lowest BCUT2D eigenvalue weighted by molar-refractivity contribution is 0.319. The standard InChI is InChI=1S/C17H19ClN2S.ClH/c1-12(19(2)3)11-20-14-6-4-5-7-16(14)21-17-9-8-13(18)10-15(17)20;/h4-10,12H,11H2,1-3H3;1H. The van der Waals surface area contributed by atoms with Gasteiger partial charge in [0.05, 0.1) is 11.4 Å². The maximum Gasteiger partial charge on any atom is 0.0568 e. The van der Waals surface area contributed by atoms with Crippen LogP contribution in [0, 0.1) is 0 Å². The van der Waals surface area contributed by atoms with E-state index in [1.165, 1.54) is 21.2 Å². The van der Waals surface area contributed by atoms with Crippen LogP contribution in [0.2, 0.25) is 5.02 Å². The lowest BCUT2D eigenvalue weighted by Gasteiger charge is -2.36. The van der Waals surface area contributed by atoms with E-state index in [0.717, 1.165) is 11.6 Å². The molecule has 1 unspecified atom stereocenters. The molecule has 118 valence electrons. The minimum Gasteiger partial charge on any atom is -0.338 e. The summed E-state index contributed by atoms with van der Waals surface area (Å²) < 4.78 is 0. The van der Waals surface area contributed by atoms with E-state index in [0.29, 0.717) is 6.04 Å². The molecule has 2 nitrogen and oxygen atoms in total. The van der Waals surface area contributed by atoms with Crippen LogP contribution in [0.4, 0.5) is 11.4 Å². The number of hydrogen-bond acceptors (Lipinski definition) is 3. The van der Waals surface area contributed by atoms with Gasteiger partial charge in [0.2, 0.25) is 0 Å². The summed E-state index contributed by atoms with van der Waals surface area (Å²) in [5, 5.41) is 0.788. The Balaban J connectivity index is 0.00000176. The second-order valence-corrected chi connectivity index (χ2v) is 7.13. The minimum absolute atomic E-state index is 0. The van der Waals surface area contributed by atoms with E-state index in [-0.39, 0.29) is 12.4 Å². The molecule has 1 aliphatic rings. The van der Waals surface area contributed by atoms with Gasteiger partial charge in [0, 0.05) is 27.4 Å². The number of benzene rings is 2. The van der Waals surface area contributed by atoms with Gasteiger partial charge in [0.1, 0.15) is 0 Å². The van der Waals surface area contributed by atoms with Crippen molar-refractivity contribution in [1.82, 2.24) is 4.90 Å². The van der Waals surface area contributed by atoms with Crippen LogP contribution in [0.25, 0.3) is 0 Å². The number of rotatable bonds is 3. The quantitative estimate of drug-likeness (QED) is 0.736. The van der Waals surface area contributed by atoms with E-state index < -0.39 is 0 Å². The Morgan fingerprint density at radius 1 is 1.09 bits per heavy atom. The summed E-state index contributed by atoms with van der Waals surface area (Å²) in [4.78, 5) is 7.20. The topological polar surface area (TPSA) is 6.48 Å². The van der Waals surface area contributed by atoms with E-state index in [4.69, 9.17) is 11.6 Å². The lowest BCUT2D eigenvalue weighted by atomic mass is 10.2. The van der Waals surface area contributed by atoms with Gasteiger partial charge in [0.25, 0.3) is 0 Å². The van der Waals surface area contributed by atoms with Gasteiger partial charge in [-0.2, -0.15) is 0 Å². The fourth-order valence-corrected chi connectivity index (χ4v) is 3.67. The summed E-state index contributed by atoms with van der Waals surface area (Å²) in [5.74, 6) is 0. The zero-order valence-corrected chi connectivity index (χ0v) is 15.3. The third-order valence-electron chi connectivity index (χ3n) is 3.92. The Hall–Kier alpha value is -0.870. The van der Waals surface area contributed by atoms with Crippen molar-refractivity contribution < 1.29 is 0 Å². The number of likely N-dealkylation sites (N-methyl/N-ethyl adjacent to an activating group) is 1. The highest BCUT2D eigenvalue weighted by Gasteiger charge is 2.25. The summed E-state index contributed by atoms with van der Waals surface area (Å²) in [5.41, 5.74) is 2.48. The monoisotopic (exact) mass is 354 g/mol. The van der Waals surface area contributed by atoms with Crippen LogP contribution in [-0.4, -0.2) is 31.6 Å². The van der Waals surface area contributed by atoms with Crippen LogP contribution < -0.4 is 4.90 Å². The highest BCUT2D eigenvalue weighted by Crippen LogP contribution is 2.48. The number of nitrogens with zero attached hydrogens (tertiary/aromatic N) is 2. The molecule has 2 aromatic carbocycles. The van der Waals surface area contributed by atoms with Crippen LogP contribution in [0.15, 0.2) is 52.3 Å². The molecule has 0 saturated carbocycles. The van der Waals surface area contributed by atoms with Gasteiger partial charge < -0.3 is 9.80 Å². The van der Waals surface area contributed by atoms with E-state index >= 15 is 0 Å². The van der Waals surface area contributed by atoms with Crippen molar-refractivity contribution in [2.75, 3.05) is 25.5 Å². The van der Waals surface area contributed by atoms with Crippen molar-refractivity contribution in [3.63, 3.8) is 0 Å². The van der Waals surface area contributed by atoms with Crippen molar-refractivity contribution >= 4 is 47.1 Å². The molecular weight excluding hydrogens is 335 g/mol. The van der Waals surface area contributed by atoms with Gasteiger partial charge in [-0.1, -0.05) is 35.5 Å². The average molecular weight is 355 g/mol. The third kappa shape index (κ3) is 3.38. The summed E-state index contributed by atoms with van der Waals surface area (Å²) >= 11 is 8.04.